The fraction of sp³-hybridized carbons (Fsp3) is 0.333. The summed E-state index contributed by atoms with van der Waals surface area (Å²) in [5.41, 5.74) is 2.63. The Hall–Kier alpha value is -3.07. The summed E-state index contributed by atoms with van der Waals surface area (Å²) in [7, 11) is -4.14. The molecule has 7 nitrogen and oxygen atoms in total. The molecule has 0 fully saturated rings. The fourth-order valence-electron chi connectivity index (χ4n) is 3.97. The van der Waals surface area contributed by atoms with Gasteiger partial charge in [0.15, 0.2) is 0 Å². The molecule has 2 amide bonds. The summed E-state index contributed by atoms with van der Waals surface area (Å²) < 4.78 is 28.8. The number of hydrogen-bond acceptors (Lipinski definition) is 4. The molecule has 214 valence electrons. The first-order valence-electron chi connectivity index (χ1n) is 13.0. The number of halogens is 2. The van der Waals surface area contributed by atoms with Crippen LogP contribution in [0.1, 0.15) is 37.5 Å². The number of carbonyl (C=O) groups is 2. The lowest BCUT2D eigenvalue weighted by Crippen LogP contribution is -2.51. The van der Waals surface area contributed by atoms with Gasteiger partial charge < -0.3 is 10.2 Å². The Labute approximate surface area is 247 Å². The molecule has 0 aliphatic heterocycles. The van der Waals surface area contributed by atoms with Crippen molar-refractivity contribution in [2.75, 3.05) is 17.4 Å². The zero-order chi connectivity index (χ0) is 29.6. The Morgan fingerprint density at radius 1 is 0.850 bits per heavy atom. The predicted molar refractivity (Wildman–Crippen MR) is 161 cm³/mol. The third kappa shape index (κ3) is 7.77. The van der Waals surface area contributed by atoms with Crippen LogP contribution in [0.3, 0.4) is 0 Å². The Bertz CT molecular complexity index is 1420. The Morgan fingerprint density at radius 3 is 1.90 bits per heavy atom. The maximum absolute atomic E-state index is 14.0. The molecule has 0 spiro atoms. The van der Waals surface area contributed by atoms with Gasteiger partial charge in [0, 0.05) is 28.7 Å². The number of nitrogens with one attached hydrogen (secondary N) is 1. The molecule has 10 heteroatoms. The van der Waals surface area contributed by atoms with Crippen molar-refractivity contribution in [3.63, 3.8) is 0 Å². The molecular formula is C30H35Cl2N3O4S. The number of sulfonamides is 1. The van der Waals surface area contributed by atoms with E-state index in [1.165, 1.54) is 17.0 Å². The highest BCUT2D eigenvalue weighted by Crippen LogP contribution is 2.28. The largest absolute Gasteiger partial charge is 0.354 e. The molecule has 0 aromatic heterocycles. The van der Waals surface area contributed by atoms with Crippen LogP contribution in [-0.2, 0) is 26.2 Å². The van der Waals surface area contributed by atoms with Gasteiger partial charge in [-0.25, -0.2) is 8.42 Å². The zero-order valence-corrected chi connectivity index (χ0v) is 25.6. The monoisotopic (exact) mass is 603 g/mol. The maximum atomic E-state index is 14.0. The molecule has 0 aliphatic rings. The van der Waals surface area contributed by atoms with Gasteiger partial charge in [0.1, 0.15) is 12.6 Å². The number of anilines is 1. The van der Waals surface area contributed by atoms with E-state index in [0.717, 1.165) is 15.4 Å². The van der Waals surface area contributed by atoms with Crippen LogP contribution in [0.5, 0.6) is 0 Å². The van der Waals surface area contributed by atoms with Gasteiger partial charge in [0.2, 0.25) is 11.8 Å². The van der Waals surface area contributed by atoms with E-state index >= 15 is 0 Å². The number of hydrogen-bond donors (Lipinski definition) is 1. The zero-order valence-electron chi connectivity index (χ0n) is 23.3. The number of amides is 2. The Balaban J connectivity index is 2.04. The third-order valence-corrected chi connectivity index (χ3v) is 8.95. The molecule has 3 rings (SSSR count). The van der Waals surface area contributed by atoms with E-state index in [0.29, 0.717) is 27.8 Å². The highest BCUT2D eigenvalue weighted by Gasteiger charge is 2.33. The summed E-state index contributed by atoms with van der Waals surface area (Å²) in [6.45, 7) is 9.09. The summed E-state index contributed by atoms with van der Waals surface area (Å²) in [6.07, 6.45) is 0. The summed E-state index contributed by atoms with van der Waals surface area (Å²) in [5, 5.41) is 3.53. The van der Waals surface area contributed by atoms with E-state index < -0.39 is 28.5 Å². The summed E-state index contributed by atoms with van der Waals surface area (Å²) in [5.74, 6) is -0.747. The lowest BCUT2D eigenvalue weighted by atomic mass is 10.1. The summed E-state index contributed by atoms with van der Waals surface area (Å²) in [6, 6.07) is 17.4. The number of carbonyl (C=O) groups excluding carboxylic acids is 2. The average molecular weight is 605 g/mol. The van der Waals surface area contributed by atoms with Crippen LogP contribution in [-0.4, -0.2) is 44.3 Å². The smallest absolute Gasteiger partial charge is 0.264 e. The van der Waals surface area contributed by atoms with Gasteiger partial charge in [-0.1, -0.05) is 78.5 Å². The van der Waals surface area contributed by atoms with Crippen molar-refractivity contribution in [3.8, 4) is 0 Å². The molecule has 0 saturated carbocycles. The second-order valence-corrected chi connectivity index (χ2v) is 12.9. The van der Waals surface area contributed by atoms with Crippen LogP contribution in [0, 0.1) is 19.8 Å². The molecule has 0 heterocycles. The van der Waals surface area contributed by atoms with Gasteiger partial charge >= 0.3 is 0 Å². The Morgan fingerprint density at radius 2 is 1.38 bits per heavy atom. The lowest BCUT2D eigenvalue weighted by Gasteiger charge is -2.32. The van der Waals surface area contributed by atoms with E-state index in [9.17, 15) is 18.0 Å². The molecule has 1 N–H and O–H groups in total. The molecular weight excluding hydrogens is 569 g/mol. The van der Waals surface area contributed by atoms with Crippen molar-refractivity contribution < 1.29 is 18.0 Å². The van der Waals surface area contributed by atoms with Gasteiger partial charge in [0.25, 0.3) is 10.0 Å². The van der Waals surface area contributed by atoms with Crippen LogP contribution in [0.25, 0.3) is 0 Å². The Kier molecular flexibility index (Phi) is 10.6. The van der Waals surface area contributed by atoms with Crippen molar-refractivity contribution in [2.24, 2.45) is 5.92 Å². The standard InChI is InChI=1S/C30H35Cl2N3O4S/c1-20(2)17-33-30(37)23(5)34(18-26-27(31)7-6-8-28(26)32)29(36)19-35(24-13-9-21(3)10-14-24)40(38,39)25-15-11-22(4)12-16-25/h6-16,20,23H,17-19H2,1-5H3,(H,33,37)/t23-/m1/s1. The number of benzene rings is 3. The van der Waals surface area contributed by atoms with Crippen LogP contribution < -0.4 is 9.62 Å². The van der Waals surface area contributed by atoms with E-state index in [1.54, 1.807) is 61.5 Å². The first kappa shape index (κ1) is 31.5. The van der Waals surface area contributed by atoms with Gasteiger partial charge in [-0.2, -0.15) is 0 Å². The maximum Gasteiger partial charge on any atom is 0.264 e. The average Bonchev–Trinajstić information content (AvgIpc) is 2.90. The second-order valence-electron chi connectivity index (χ2n) is 10.2. The SMILES string of the molecule is Cc1ccc(N(CC(=O)N(Cc2c(Cl)cccc2Cl)[C@H](C)C(=O)NCC(C)C)S(=O)(=O)c2ccc(C)cc2)cc1. The van der Waals surface area contributed by atoms with Gasteiger partial charge in [-0.05, 0) is 63.1 Å². The van der Waals surface area contributed by atoms with Gasteiger partial charge in [-0.3, -0.25) is 13.9 Å². The van der Waals surface area contributed by atoms with Crippen LogP contribution >= 0.6 is 23.2 Å². The molecule has 40 heavy (non-hydrogen) atoms. The van der Waals surface area contributed by atoms with Crippen LogP contribution in [0.4, 0.5) is 5.69 Å². The first-order chi connectivity index (χ1) is 18.8. The lowest BCUT2D eigenvalue weighted by molar-refractivity contribution is -0.139. The molecule has 0 unspecified atom stereocenters. The van der Waals surface area contributed by atoms with Gasteiger partial charge in [0.05, 0.1) is 10.6 Å². The molecule has 3 aromatic rings. The molecule has 0 saturated heterocycles. The molecule has 3 aromatic carbocycles. The minimum atomic E-state index is -4.14. The molecule has 0 bridgehead atoms. The highest BCUT2D eigenvalue weighted by atomic mass is 35.5. The van der Waals surface area contributed by atoms with Crippen molar-refractivity contribution in [3.05, 3.63) is 93.5 Å². The van der Waals surface area contributed by atoms with Gasteiger partial charge in [-0.15, -0.1) is 0 Å². The number of aryl methyl sites for hydroxylation is 2. The van der Waals surface area contributed by atoms with Crippen molar-refractivity contribution >= 4 is 50.7 Å². The van der Waals surface area contributed by atoms with Crippen molar-refractivity contribution in [2.45, 2.75) is 52.1 Å². The molecule has 0 aliphatic carbocycles. The third-order valence-electron chi connectivity index (χ3n) is 6.45. The minimum absolute atomic E-state index is 0.0508. The summed E-state index contributed by atoms with van der Waals surface area (Å²) >= 11 is 12.8. The quantitative estimate of drug-likeness (QED) is 0.291. The van der Waals surface area contributed by atoms with E-state index in [1.807, 2.05) is 27.7 Å². The molecule has 0 radical (unpaired) electrons. The van der Waals surface area contributed by atoms with E-state index in [4.69, 9.17) is 23.2 Å². The number of rotatable bonds is 11. The number of nitrogens with zero attached hydrogens (tertiary/aromatic N) is 2. The van der Waals surface area contributed by atoms with Crippen LogP contribution in [0.2, 0.25) is 10.0 Å². The molecule has 1 atom stereocenters. The minimum Gasteiger partial charge on any atom is -0.354 e. The van der Waals surface area contributed by atoms with E-state index in [2.05, 4.69) is 5.32 Å². The predicted octanol–water partition coefficient (Wildman–Crippen LogP) is 6.00. The van der Waals surface area contributed by atoms with Crippen molar-refractivity contribution in [1.82, 2.24) is 10.2 Å². The highest BCUT2D eigenvalue weighted by molar-refractivity contribution is 7.92. The van der Waals surface area contributed by atoms with E-state index in [-0.39, 0.29) is 23.3 Å². The normalized spacial score (nSPS) is 12.2. The topological polar surface area (TPSA) is 86.8 Å². The first-order valence-corrected chi connectivity index (χ1v) is 15.2. The van der Waals surface area contributed by atoms with Crippen LogP contribution in [0.15, 0.2) is 71.6 Å². The van der Waals surface area contributed by atoms with Crippen molar-refractivity contribution in [1.29, 1.82) is 0 Å². The fourth-order valence-corrected chi connectivity index (χ4v) is 5.90. The second kappa shape index (κ2) is 13.5. The summed E-state index contributed by atoms with van der Waals surface area (Å²) in [4.78, 5) is 28.4.